The summed E-state index contributed by atoms with van der Waals surface area (Å²) in [7, 11) is 0. The number of rotatable bonds is 2. The Hall–Kier alpha value is -2.81. The zero-order valence-corrected chi connectivity index (χ0v) is 14.3. The van der Waals surface area contributed by atoms with Crippen LogP contribution in [-0.4, -0.2) is 17.6 Å². The molecule has 0 saturated carbocycles. The van der Waals surface area contributed by atoms with Gasteiger partial charge in [-0.05, 0) is 44.0 Å². The van der Waals surface area contributed by atoms with Crippen molar-refractivity contribution in [3.05, 3.63) is 60.7 Å². The van der Waals surface area contributed by atoms with Crippen LogP contribution < -0.4 is 4.90 Å². The number of hydrogen-bond acceptors (Lipinski definition) is 3. The van der Waals surface area contributed by atoms with Crippen LogP contribution in [0.5, 0.6) is 0 Å². The van der Waals surface area contributed by atoms with Gasteiger partial charge in [0.1, 0.15) is 11.3 Å². The Bertz CT molecular complexity index is 1030. The molecule has 1 saturated heterocycles. The number of benzene rings is 2. The van der Waals surface area contributed by atoms with E-state index in [-0.39, 0.29) is 0 Å². The molecule has 3 heterocycles. The Morgan fingerprint density at radius 3 is 2.60 bits per heavy atom. The first-order valence-corrected chi connectivity index (χ1v) is 8.95. The second-order valence-electron chi connectivity index (χ2n) is 6.88. The van der Waals surface area contributed by atoms with Gasteiger partial charge in [-0.2, -0.15) is 0 Å². The number of fused-ring (bicyclic) bond motifs is 2. The Kier molecular flexibility index (Phi) is 3.27. The third-order valence-corrected chi connectivity index (χ3v) is 5.23. The smallest absolute Gasteiger partial charge is 0.155 e. The SMILES string of the molecule is C[C@H]1CCCN1c1cc2ccccc2nc1-c1cc2ccccc2o1. The Morgan fingerprint density at radius 1 is 1.00 bits per heavy atom. The summed E-state index contributed by atoms with van der Waals surface area (Å²) in [5.74, 6) is 0.848. The third-order valence-electron chi connectivity index (χ3n) is 5.23. The molecule has 2 aromatic carbocycles. The highest BCUT2D eigenvalue weighted by Gasteiger charge is 2.25. The molecule has 1 fully saturated rings. The van der Waals surface area contributed by atoms with Crippen LogP contribution in [0.4, 0.5) is 5.69 Å². The van der Waals surface area contributed by atoms with Crippen LogP contribution in [0.1, 0.15) is 19.8 Å². The number of anilines is 1. The monoisotopic (exact) mass is 328 g/mol. The van der Waals surface area contributed by atoms with Gasteiger partial charge in [-0.3, -0.25) is 0 Å². The highest BCUT2D eigenvalue weighted by Crippen LogP contribution is 2.38. The second-order valence-corrected chi connectivity index (χ2v) is 6.88. The van der Waals surface area contributed by atoms with E-state index in [4.69, 9.17) is 9.40 Å². The van der Waals surface area contributed by atoms with Gasteiger partial charge in [0.15, 0.2) is 5.76 Å². The number of para-hydroxylation sites is 2. The predicted octanol–water partition coefficient (Wildman–Crippen LogP) is 5.64. The summed E-state index contributed by atoms with van der Waals surface area (Å²) < 4.78 is 6.15. The van der Waals surface area contributed by atoms with Crippen LogP contribution in [0.2, 0.25) is 0 Å². The maximum atomic E-state index is 6.15. The van der Waals surface area contributed by atoms with E-state index in [1.807, 2.05) is 24.3 Å². The van der Waals surface area contributed by atoms with Crippen LogP contribution in [0.15, 0.2) is 65.1 Å². The van der Waals surface area contributed by atoms with Crippen LogP contribution in [0.25, 0.3) is 33.3 Å². The fraction of sp³-hybridized carbons (Fsp3) is 0.227. The molecule has 3 heteroatoms. The fourth-order valence-electron chi connectivity index (χ4n) is 3.89. The van der Waals surface area contributed by atoms with Crippen molar-refractivity contribution in [2.45, 2.75) is 25.8 Å². The fourth-order valence-corrected chi connectivity index (χ4v) is 3.89. The molecule has 0 unspecified atom stereocenters. The van der Waals surface area contributed by atoms with E-state index in [1.54, 1.807) is 0 Å². The largest absolute Gasteiger partial charge is 0.454 e. The highest BCUT2D eigenvalue weighted by atomic mass is 16.3. The molecule has 0 N–H and O–H groups in total. The Balaban J connectivity index is 1.76. The Morgan fingerprint density at radius 2 is 1.80 bits per heavy atom. The quantitative estimate of drug-likeness (QED) is 0.477. The molecule has 1 aliphatic heterocycles. The molecule has 1 atom stereocenters. The summed E-state index contributed by atoms with van der Waals surface area (Å²) in [6, 6.07) is 21.4. The number of pyridine rings is 1. The minimum absolute atomic E-state index is 0.533. The lowest BCUT2D eigenvalue weighted by Gasteiger charge is -2.25. The summed E-state index contributed by atoms with van der Waals surface area (Å²) >= 11 is 0. The molecule has 2 aromatic heterocycles. The minimum Gasteiger partial charge on any atom is -0.454 e. The zero-order valence-electron chi connectivity index (χ0n) is 14.3. The first-order chi connectivity index (χ1) is 12.3. The first kappa shape index (κ1) is 14.5. The molecule has 1 aliphatic rings. The summed E-state index contributed by atoms with van der Waals surface area (Å²) in [5.41, 5.74) is 4.05. The molecule has 5 rings (SSSR count). The first-order valence-electron chi connectivity index (χ1n) is 8.95. The average molecular weight is 328 g/mol. The molecule has 4 aromatic rings. The van der Waals surface area contributed by atoms with E-state index in [0.717, 1.165) is 34.5 Å². The number of furan rings is 1. The second kappa shape index (κ2) is 5.62. The maximum absolute atomic E-state index is 6.15. The summed E-state index contributed by atoms with van der Waals surface area (Å²) in [4.78, 5) is 7.46. The van der Waals surface area contributed by atoms with Gasteiger partial charge in [0.2, 0.25) is 0 Å². The zero-order chi connectivity index (χ0) is 16.8. The summed E-state index contributed by atoms with van der Waals surface area (Å²) in [6.07, 6.45) is 2.46. The summed E-state index contributed by atoms with van der Waals surface area (Å²) in [5, 5.41) is 2.30. The lowest BCUT2D eigenvalue weighted by atomic mass is 10.1. The van der Waals surface area contributed by atoms with Gasteiger partial charge in [-0.25, -0.2) is 4.98 Å². The molecule has 0 bridgehead atoms. The molecule has 0 spiro atoms. The van der Waals surface area contributed by atoms with Crippen molar-refractivity contribution in [1.82, 2.24) is 4.98 Å². The van der Waals surface area contributed by atoms with Crippen molar-refractivity contribution < 1.29 is 4.42 Å². The van der Waals surface area contributed by atoms with Gasteiger partial charge >= 0.3 is 0 Å². The van der Waals surface area contributed by atoms with Crippen LogP contribution in [-0.2, 0) is 0 Å². The lowest BCUT2D eigenvalue weighted by molar-refractivity contribution is 0.628. The van der Waals surface area contributed by atoms with Crippen LogP contribution >= 0.6 is 0 Å². The van der Waals surface area contributed by atoms with Crippen molar-refractivity contribution in [3.8, 4) is 11.5 Å². The van der Waals surface area contributed by atoms with E-state index in [1.165, 1.54) is 23.9 Å². The predicted molar refractivity (Wildman–Crippen MR) is 103 cm³/mol. The number of hydrogen-bond donors (Lipinski definition) is 0. The number of nitrogens with zero attached hydrogens (tertiary/aromatic N) is 2. The van der Waals surface area contributed by atoms with Gasteiger partial charge in [0, 0.05) is 23.4 Å². The molecule has 25 heavy (non-hydrogen) atoms. The highest BCUT2D eigenvalue weighted by molar-refractivity contribution is 5.91. The topological polar surface area (TPSA) is 29.3 Å². The summed E-state index contributed by atoms with van der Waals surface area (Å²) in [6.45, 7) is 3.37. The van der Waals surface area contributed by atoms with Gasteiger partial charge in [0.05, 0.1) is 11.2 Å². The van der Waals surface area contributed by atoms with E-state index in [9.17, 15) is 0 Å². The van der Waals surface area contributed by atoms with Crippen LogP contribution in [0.3, 0.4) is 0 Å². The Labute approximate surface area is 146 Å². The number of aromatic nitrogens is 1. The van der Waals surface area contributed by atoms with Crippen LogP contribution in [0, 0.1) is 0 Å². The van der Waals surface area contributed by atoms with E-state index in [0.29, 0.717) is 6.04 Å². The van der Waals surface area contributed by atoms with Gasteiger partial charge in [-0.15, -0.1) is 0 Å². The van der Waals surface area contributed by atoms with E-state index < -0.39 is 0 Å². The van der Waals surface area contributed by atoms with Crippen molar-refractivity contribution in [1.29, 1.82) is 0 Å². The minimum atomic E-state index is 0.533. The van der Waals surface area contributed by atoms with Gasteiger partial charge in [-0.1, -0.05) is 36.4 Å². The molecule has 124 valence electrons. The van der Waals surface area contributed by atoms with Crippen molar-refractivity contribution in [2.75, 3.05) is 11.4 Å². The lowest BCUT2D eigenvalue weighted by Crippen LogP contribution is -2.27. The van der Waals surface area contributed by atoms with E-state index >= 15 is 0 Å². The standard InChI is InChI=1S/C22H20N2O/c1-15-7-6-12-24(15)19-13-16-8-2-4-10-18(16)23-22(19)21-14-17-9-3-5-11-20(17)25-21/h2-5,8-11,13-15H,6-7,12H2,1H3/t15-/m0/s1. The molecular weight excluding hydrogens is 308 g/mol. The average Bonchev–Trinajstić information content (AvgIpc) is 3.26. The van der Waals surface area contributed by atoms with Gasteiger partial charge < -0.3 is 9.32 Å². The molecule has 3 nitrogen and oxygen atoms in total. The molecular formula is C22H20N2O. The maximum Gasteiger partial charge on any atom is 0.155 e. The van der Waals surface area contributed by atoms with Crippen molar-refractivity contribution >= 4 is 27.6 Å². The normalized spacial score (nSPS) is 17.6. The van der Waals surface area contributed by atoms with Crippen molar-refractivity contribution in [2.24, 2.45) is 0 Å². The molecule has 0 amide bonds. The van der Waals surface area contributed by atoms with E-state index in [2.05, 4.69) is 48.2 Å². The van der Waals surface area contributed by atoms with Crippen molar-refractivity contribution in [3.63, 3.8) is 0 Å². The molecule has 0 aliphatic carbocycles. The van der Waals surface area contributed by atoms with Gasteiger partial charge in [0.25, 0.3) is 0 Å². The third kappa shape index (κ3) is 2.39. The molecule has 0 radical (unpaired) electrons.